The molecule has 418 valence electrons. The van der Waals surface area contributed by atoms with Crippen molar-refractivity contribution < 1.29 is 37.9 Å². The topological polar surface area (TPSA) is 122 Å². The molecule has 0 saturated carbocycles. The highest BCUT2D eigenvalue weighted by atomic mass is 32.1. The van der Waals surface area contributed by atoms with Gasteiger partial charge in [0.1, 0.15) is 36.2 Å². The van der Waals surface area contributed by atoms with E-state index in [0.717, 1.165) is 106 Å². The van der Waals surface area contributed by atoms with Gasteiger partial charge in [-0.05, 0) is 106 Å². The highest BCUT2D eigenvalue weighted by Gasteiger charge is 2.22. The third-order valence-electron chi connectivity index (χ3n) is 14.2. The van der Waals surface area contributed by atoms with Crippen LogP contribution in [0.15, 0.2) is 72.8 Å². The standard InChI is InChI=1S/C62H90N4O8S2/c1-5-9-17-47(7-3)45-65-61(75)63-27-15-29-71-57-49-19-11-20-50(57)42-54-24-14-26-56-44-52-22-12-21-51(58(52)72-30-16-28-64-62(76)66-46-48(8-4)18-10-6-2)43-55-25-13-23-53(41-49)59(55)73-39-37-69-35-33-67-31-32-68-34-36-70-38-40-74-60(54)56/h11-14,19-26,47-48H,5-10,15-18,27-46H2,1-4H3,(H2,63,65,75)(H2,64,66,76). The third kappa shape index (κ3) is 20.9. The number of thiocarbonyl (C=S) groups is 2. The van der Waals surface area contributed by atoms with Gasteiger partial charge in [-0.25, -0.2) is 0 Å². The molecule has 0 aromatic heterocycles. The predicted octanol–water partition coefficient (Wildman–Crippen LogP) is 11.1. The zero-order valence-corrected chi connectivity index (χ0v) is 48.0. The van der Waals surface area contributed by atoms with Crippen LogP contribution in [0.5, 0.6) is 23.0 Å². The minimum absolute atomic E-state index is 0.375. The first-order chi connectivity index (χ1) is 37.4. The van der Waals surface area contributed by atoms with E-state index in [2.05, 4.69) is 122 Å². The molecule has 14 heteroatoms. The van der Waals surface area contributed by atoms with Gasteiger partial charge in [-0.1, -0.05) is 139 Å². The maximum atomic E-state index is 6.93. The first kappa shape index (κ1) is 60.5. The van der Waals surface area contributed by atoms with Crippen molar-refractivity contribution in [2.75, 3.05) is 105 Å². The van der Waals surface area contributed by atoms with Crippen molar-refractivity contribution in [3.63, 3.8) is 0 Å². The van der Waals surface area contributed by atoms with Crippen LogP contribution in [0.3, 0.4) is 0 Å². The van der Waals surface area contributed by atoms with Gasteiger partial charge >= 0.3 is 0 Å². The van der Waals surface area contributed by atoms with Crippen molar-refractivity contribution in [1.82, 2.24) is 21.3 Å². The third-order valence-corrected chi connectivity index (χ3v) is 14.8. The molecular weight excluding hydrogens is 993 g/mol. The fraction of sp³-hybridized carbons (Fsp3) is 0.581. The Hall–Kier alpha value is -4.70. The molecule has 4 aromatic carbocycles. The van der Waals surface area contributed by atoms with Gasteiger partial charge in [0.25, 0.3) is 0 Å². The Bertz CT molecular complexity index is 2070. The van der Waals surface area contributed by atoms with Crippen molar-refractivity contribution in [3.05, 3.63) is 117 Å². The molecule has 0 fully saturated rings. The van der Waals surface area contributed by atoms with Crippen molar-refractivity contribution in [2.45, 2.75) is 118 Å². The number of hydrogen-bond donors (Lipinski definition) is 4. The number of para-hydroxylation sites is 4. The SMILES string of the molecule is CCCCC(CC)CNC(=S)NCCCOc1c2cccc1Cc1cccc3c1OCCOCCOCCOCCOCCOc1c(cccc1Cc1cccc(c1OCCCNC(=S)NCC(CC)CCCC)C3)C2. The van der Waals surface area contributed by atoms with E-state index in [-0.39, 0.29) is 0 Å². The van der Waals surface area contributed by atoms with Crippen LogP contribution in [-0.4, -0.2) is 116 Å². The van der Waals surface area contributed by atoms with Gasteiger partial charge in [0.05, 0.1) is 66.1 Å². The molecule has 6 rings (SSSR count). The Balaban J connectivity index is 1.31. The molecule has 0 amide bonds. The van der Waals surface area contributed by atoms with Crippen LogP contribution in [0, 0.1) is 11.8 Å². The van der Waals surface area contributed by atoms with Crippen LogP contribution in [0.2, 0.25) is 0 Å². The van der Waals surface area contributed by atoms with Crippen LogP contribution in [0.25, 0.3) is 0 Å². The van der Waals surface area contributed by atoms with Gasteiger partial charge in [-0.3, -0.25) is 0 Å². The number of ether oxygens (including phenoxy) is 8. The maximum absolute atomic E-state index is 6.93. The fourth-order valence-corrected chi connectivity index (χ4v) is 10.1. The number of fused-ring (bicyclic) bond motifs is 2. The van der Waals surface area contributed by atoms with Crippen molar-refractivity contribution in [2.24, 2.45) is 11.8 Å². The molecule has 2 atom stereocenters. The van der Waals surface area contributed by atoms with E-state index in [1.165, 1.54) is 38.5 Å². The van der Waals surface area contributed by atoms with Gasteiger partial charge in [-0.2, -0.15) is 0 Å². The summed E-state index contributed by atoms with van der Waals surface area (Å²) in [6, 6.07) is 26.0. The lowest BCUT2D eigenvalue weighted by molar-refractivity contribution is -0.00706. The molecule has 1 aliphatic heterocycles. The second kappa shape index (κ2) is 35.7. The Morgan fingerprint density at radius 3 is 1.07 bits per heavy atom. The van der Waals surface area contributed by atoms with Gasteiger partial charge < -0.3 is 59.2 Å². The van der Waals surface area contributed by atoms with Gasteiger partial charge in [0, 0.05) is 51.9 Å². The second-order valence-electron chi connectivity index (χ2n) is 20.0. The number of benzene rings is 4. The van der Waals surface area contributed by atoms with E-state index >= 15 is 0 Å². The zero-order valence-electron chi connectivity index (χ0n) is 46.4. The van der Waals surface area contributed by atoms with Crippen LogP contribution in [-0.2, 0) is 44.6 Å². The van der Waals surface area contributed by atoms with E-state index < -0.39 is 0 Å². The Kier molecular flexibility index (Phi) is 28.4. The smallest absolute Gasteiger partial charge is 0.166 e. The van der Waals surface area contributed by atoms with E-state index in [0.29, 0.717) is 140 Å². The summed E-state index contributed by atoms with van der Waals surface area (Å²) in [4.78, 5) is 0. The van der Waals surface area contributed by atoms with Crippen molar-refractivity contribution in [1.29, 1.82) is 0 Å². The number of unbranched alkanes of at least 4 members (excludes halogenated alkanes) is 2. The van der Waals surface area contributed by atoms with Crippen LogP contribution in [0.1, 0.15) is 136 Å². The Morgan fingerprint density at radius 1 is 0.434 bits per heavy atom. The highest BCUT2D eigenvalue weighted by molar-refractivity contribution is 7.80. The van der Waals surface area contributed by atoms with Crippen molar-refractivity contribution in [3.8, 4) is 23.0 Å². The normalized spacial score (nSPS) is 15.5. The van der Waals surface area contributed by atoms with Gasteiger partial charge in [0.2, 0.25) is 0 Å². The summed E-state index contributed by atoms with van der Waals surface area (Å²) >= 11 is 11.4. The molecule has 0 spiro atoms. The molecule has 0 saturated heterocycles. The summed E-state index contributed by atoms with van der Waals surface area (Å²) in [5.41, 5.74) is 8.60. The molecule has 4 N–H and O–H groups in total. The molecule has 2 unspecified atom stereocenters. The van der Waals surface area contributed by atoms with Crippen LogP contribution < -0.4 is 40.2 Å². The summed E-state index contributed by atoms with van der Waals surface area (Å²) in [7, 11) is 0. The minimum atomic E-state index is 0.375. The monoisotopic (exact) mass is 1080 g/mol. The highest BCUT2D eigenvalue weighted by Crippen LogP contribution is 2.39. The van der Waals surface area contributed by atoms with E-state index in [9.17, 15) is 0 Å². The zero-order chi connectivity index (χ0) is 53.4. The number of hydrogen-bond acceptors (Lipinski definition) is 10. The van der Waals surface area contributed by atoms with Crippen LogP contribution >= 0.6 is 24.4 Å². The fourth-order valence-electron chi connectivity index (χ4n) is 9.78. The lowest BCUT2D eigenvalue weighted by Crippen LogP contribution is -2.38. The molecule has 1 aliphatic carbocycles. The molecule has 1 heterocycles. The summed E-state index contributed by atoms with van der Waals surface area (Å²) in [5, 5.41) is 15.2. The largest absolute Gasteiger partial charge is 0.493 e. The summed E-state index contributed by atoms with van der Waals surface area (Å²) in [6.07, 6.45) is 13.6. The molecule has 12 nitrogen and oxygen atoms in total. The molecule has 4 aromatic rings. The van der Waals surface area contributed by atoms with Gasteiger partial charge in [0.15, 0.2) is 10.2 Å². The Labute approximate surface area is 466 Å². The van der Waals surface area contributed by atoms with Gasteiger partial charge in [-0.15, -0.1) is 0 Å². The summed E-state index contributed by atoms with van der Waals surface area (Å²) in [5.74, 6) is 4.71. The maximum Gasteiger partial charge on any atom is 0.166 e. The molecule has 76 heavy (non-hydrogen) atoms. The molecule has 2 aliphatic rings. The first-order valence-electron chi connectivity index (χ1n) is 28.7. The average Bonchev–Trinajstić information content (AvgIpc) is 3.42. The summed E-state index contributed by atoms with van der Waals surface area (Å²) < 4.78 is 51.2. The lowest BCUT2D eigenvalue weighted by atomic mass is 9.91. The molecule has 0 radical (unpaired) electrons. The van der Waals surface area contributed by atoms with E-state index in [1.807, 2.05) is 0 Å². The molecular formula is C62H90N4O8S2. The van der Waals surface area contributed by atoms with Crippen molar-refractivity contribution >= 4 is 34.7 Å². The van der Waals surface area contributed by atoms with E-state index in [1.54, 1.807) is 0 Å². The second-order valence-corrected chi connectivity index (χ2v) is 20.8. The number of rotatable bonds is 22. The number of nitrogens with one attached hydrogen (secondary N) is 4. The minimum Gasteiger partial charge on any atom is -0.493 e. The lowest BCUT2D eigenvalue weighted by Gasteiger charge is -2.23. The summed E-state index contributed by atoms with van der Waals surface area (Å²) in [6.45, 7) is 17.6. The molecule has 10 bridgehead atoms. The Morgan fingerprint density at radius 2 is 0.750 bits per heavy atom. The average molecular weight is 1080 g/mol. The quantitative estimate of drug-likeness (QED) is 0.0389. The van der Waals surface area contributed by atoms with Crippen LogP contribution in [0.4, 0.5) is 0 Å². The van der Waals surface area contributed by atoms with E-state index in [4.69, 9.17) is 62.3 Å². The first-order valence-corrected chi connectivity index (χ1v) is 29.5. The predicted molar refractivity (Wildman–Crippen MR) is 315 cm³/mol.